The highest BCUT2D eigenvalue weighted by molar-refractivity contribution is 6.30. The van der Waals surface area contributed by atoms with Crippen molar-refractivity contribution in [2.24, 2.45) is 11.3 Å². The molecule has 2 atom stereocenters. The number of carbonyl (C=O) groups is 2. The average Bonchev–Trinajstić information content (AvgIpc) is 2.89. The second-order valence-corrected chi connectivity index (χ2v) is 8.59. The lowest BCUT2D eigenvalue weighted by Crippen LogP contribution is -2.35. The zero-order valence-electron chi connectivity index (χ0n) is 15.8. The van der Waals surface area contributed by atoms with Crippen LogP contribution in [0.1, 0.15) is 32.8 Å². The third-order valence-electron chi connectivity index (χ3n) is 5.02. The predicted molar refractivity (Wildman–Crippen MR) is 106 cm³/mol. The van der Waals surface area contributed by atoms with Crippen LogP contribution in [0.25, 0.3) is 11.1 Å². The topological polar surface area (TPSA) is 57.6 Å². The Morgan fingerprint density at radius 2 is 1.81 bits per heavy atom. The second kappa shape index (κ2) is 7.45. The highest BCUT2D eigenvalue weighted by Crippen LogP contribution is 2.32. The van der Waals surface area contributed by atoms with Crippen LogP contribution in [-0.2, 0) is 16.0 Å². The van der Waals surface area contributed by atoms with Gasteiger partial charge in [-0.15, -0.1) is 0 Å². The number of amides is 1. The number of hydrogen-bond acceptors (Lipinski definition) is 3. The van der Waals surface area contributed by atoms with Crippen LogP contribution in [0.5, 0.6) is 0 Å². The van der Waals surface area contributed by atoms with E-state index in [9.17, 15) is 14.8 Å². The van der Waals surface area contributed by atoms with Crippen LogP contribution in [0.4, 0.5) is 0 Å². The maximum absolute atomic E-state index is 12.5. The van der Waals surface area contributed by atoms with E-state index in [-0.39, 0.29) is 11.8 Å². The Morgan fingerprint density at radius 1 is 1.15 bits per heavy atom. The van der Waals surface area contributed by atoms with Crippen molar-refractivity contribution in [3.8, 4) is 11.1 Å². The first-order chi connectivity index (χ1) is 12.7. The van der Waals surface area contributed by atoms with Gasteiger partial charge >= 0.3 is 0 Å². The maximum atomic E-state index is 12.5. The molecule has 0 spiro atoms. The molecular formula is C22H24ClNO3. The minimum absolute atomic E-state index is 0.120. The van der Waals surface area contributed by atoms with Gasteiger partial charge in [0.2, 0.25) is 0 Å². The van der Waals surface area contributed by atoms with Gasteiger partial charge in [-0.2, -0.15) is 0 Å². The van der Waals surface area contributed by atoms with Crippen LogP contribution in [0.15, 0.2) is 48.5 Å². The van der Waals surface area contributed by atoms with Crippen molar-refractivity contribution in [3.63, 3.8) is 0 Å². The zero-order valence-corrected chi connectivity index (χ0v) is 16.5. The van der Waals surface area contributed by atoms with E-state index in [1.165, 1.54) is 0 Å². The van der Waals surface area contributed by atoms with E-state index in [0.717, 1.165) is 21.8 Å². The van der Waals surface area contributed by atoms with E-state index in [0.29, 0.717) is 17.9 Å². The van der Waals surface area contributed by atoms with Gasteiger partial charge in [0.05, 0.1) is 6.04 Å². The molecule has 0 aromatic heterocycles. The second-order valence-electron chi connectivity index (χ2n) is 8.15. The molecule has 3 rings (SSSR count). The molecule has 1 saturated heterocycles. The maximum Gasteiger partial charge on any atom is 0.256 e. The number of benzene rings is 2. The van der Waals surface area contributed by atoms with Gasteiger partial charge in [0.1, 0.15) is 5.92 Å². The number of rotatable bonds is 4. The van der Waals surface area contributed by atoms with E-state index >= 15 is 0 Å². The van der Waals surface area contributed by atoms with Gasteiger partial charge in [-0.3, -0.25) is 14.8 Å². The lowest BCUT2D eigenvalue weighted by Gasteiger charge is -2.19. The molecule has 1 aliphatic rings. The van der Waals surface area contributed by atoms with E-state index in [2.05, 4.69) is 0 Å². The van der Waals surface area contributed by atoms with Crippen LogP contribution in [0, 0.1) is 11.3 Å². The molecule has 27 heavy (non-hydrogen) atoms. The molecule has 0 radical (unpaired) electrons. The van der Waals surface area contributed by atoms with Gasteiger partial charge in [0.25, 0.3) is 5.91 Å². The third-order valence-corrected chi connectivity index (χ3v) is 5.25. The number of hydrogen-bond donors (Lipinski definition) is 1. The molecule has 2 aromatic carbocycles. The lowest BCUT2D eigenvalue weighted by molar-refractivity contribution is -0.168. The van der Waals surface area contributed by atoms with E-state index < -0.39 is 17.2 Å². The van der Waals surface area contributed by atoms with Crippen molar-refractivity contribution in [2.75, 3.05) is 0 Å². The van der Waals surface area contributed by atoms with E-state index in [4.69, 9.17) is 11.6 Å². The van der Waals surface area contributed by atoms with Crippen LogP contribution in [-0.4, -0.2) is 28.0 Å². The Bertz CT molecular complexity index is 855. The molecule has 1 heterocycles. The Hall–Kier alpha value is -2.17. The summed E-state index contributed by atoms with van der Waals surface area (Å²) in [4.78, 5) is 24.8. The van der Waals surface area contributed by atoms with Gasteiger partial charge in [-0.05, 0) is 41.7 Å². The summed E-state index contributed by atoms with van der Waals surface area (Å²) in [6.07, 6.45) is 0.855. The SMILES string of the molecule is CC(C)(C)C(=O)C1CC(Cc2ccc(-c3cccc(Cl)c3)cc2)N(O)C1=O. The molecular weight excluding hydrogens is 362 g/mol. The molecule has 0 bridgehead atoms. The molecule has 142 valence electrons. The monoisotopic (exact) mass is 385 g/mol. The first-order valence-electron chi connectivity index (χ1n) is 9.08. The highest BCUT2D eigenvalue weighted by atomic mass is 35.5. The summed E-state index contributed by atoms with van der Waals surface area (Å²) < 4.78 is 0. The highest BCUT2D eigenvalue weighted by Gasteiger charge is 2.45. The summed E-state index contributed by atoms with van der Waals surface area (Å²) in [7, 11) is 0. The molecule has 0 saturated carbocycles. The average molecular weight is 386 g/mol. The van der Waals surface area contributed by atoms with Gasteiger partial charge in [0, 0.05) is 10.4 Å². The minimum atomic E-state index is -0.759. The molecule has 1 aliphatic heterocycles. The Labute approximate surface area is 164 Å². The molecule has 5 heteroatoms. The minimum Gasteiger partial charge on any atom is -0.298 e. The van der Waals surface area contributed by atoms with Crippen molar-refractivity contribution in [1.29, 1.82) is 0 Å². The third kappa shape index (κ3) is 4.23. The summed E-state index contributed by atoms with van der Waals surface area (Å²) in [6, 6.07) is 15.2. The van der Waals surface area contributed by atoms with Crippen LogP contribution in [0.2, 0.25) is 5.02 Å². The fourth-order valence-corrected chi connectivity index (χ4v) is 3.69. The molecule has 2 aromatic rings. The zero-order chi connectivity index (χ0) is 19.8. The van der Waals surface area contributed by atoms with Gasteiger partial charge in [-0.1, -0.05) is 68.8 Å². The van der Waals surface area contributed by atoms with Gasteiger partial charge in [-0.25, -0.2) is 5.06 Å². The van der Waals surface area contributed by atoms with Crippen molar-refractivity contribution in [2.45, 2.75) is 39.7 Å². The number of carbonyl (C=O) groups excluding carboxylic acids is 2. The first kappa shape index (κ1) is 19.6. The Kier molecular flexibility index (Phi) is 5.41. The number of nitrogens with zero attached hydrogens (tertiary/aromatic N) is 1. The molecule has 2 unspecified atom stereocenters. The summed E-state index contributed by atoms with van der Waals surface area (Å²) >= 11 is 6.05. The fourth-order valence-electron chi connectivity index (χ4n) is 3.50. The number of ketones is 1. The first-order valence-corrected chi connectivity index (χ1v) is 9.46. The summed E-state index contributed by atoms with van der Waals surface area (Å²) in [5, 5.41) is 11.6. The normalized spacial score (nSPS) is 20.2. The molecule has 0 aliphatic carbocycles. The van der Waals surface area contributed by atoms with E-state index in [1.807, 2.05) is 48.5 Å². The molecule has 1 fully saturated rings. The van der Waals surface area contributed by atoms with Crippen molar-refractivity contribution in [3.05, 3.63) is 59.1 Å². The van der Waals surface area contributed by atoms with Gasteiger partial charge < -0.3 is 0 Å². The van der Waals surface area contributed by atoms with Crippen LogP contribution < -0.4 is 0 Å². The smallest absolute Gasteiger partial charge is 0.256 e. The molecule has 1 amide bonds. The van der Waals surface area contributed by atoms with Crippen molar-refractivity contribution < 1.29 is 14.8 Å². The number of Topliss-reactive ketones (excluding diaryl/α,β-unsaturated/α-hetero) is 1. The Morgan fingerprint density at radius 3 is 2.41 bits per heavy atom. The predicted octanol–water partition coefficient (Wildman–Crippen LogP) is 4.77. The van der Waals surface area contributed by atoms with Crippen LogP contribution in [0.3, 0.4) is 0 Å². The van der Waals surface area contributed by atoms with Crippen LogP contribution >= 0.6 is 11.6 Å². The summed E-state index contributed by atoms with van der Waals surface area (Å²) in [5.41, 5.74) is 2.48. The van der Waals surface area contributed by atoms with Crippen molar-refractivity contribution in [1.82, 2.24) is 5.06 Å². The van der Waals surface area contributed by atoms with Gasteiger partial charge in [0.15, 0.2) is 5.78 Å². The Balaban J connectivity index is 1.72. The molecule has 4 nitrogen and oxygen atoms in total. The van der Waals surface area contributed by atoms with Crippen molar-refractivity contribution >= 4 is 23.3 Å². The molecule has 1 N–H and O–H groups in total. The number of halogens is 1. The lowest BCUT2D eigenvalue weighted by atomic mass is 9.81. The fraction of sp³-hybridized carbons (Fsp3) is 0.364. The number of hydroxylamine groups is 2. The summed E-state index contributed by atoms with van der Waals surface area (Å²) in [6.45, 7) is 5.39. The quantitative estimate of drug-likeness (QED) is 0.609. The summed E-state index contributed by atoms with van der Waals surface area (Å²) in [5.74, 6) is -1.37. The van der Waals surface area contributed by atoms with E-state index in [1.54, 1.807) is 20.8 Å². The standard InChI is InChI=1S/C22H24ClNO3/c1-22(2,3)20(25)19-13-18(24(27)21(19)26)11-14-7-9-15(10-8-14)16-5-4-6-17(23)12-16/h4-10,12,18-19,27H,11,13H2,1-3H3. The largest absolute Gasteiger partial charge is 0.298 e.